The molecule has 0 amide bonds. The lowest BCUT2D eigenvalue weighted by Crippen LogP contribution is -2.10. The molecule has 11 rings (SSSR count). The number of hydrogen-bond acceptors (Lipinski definition) is 2. The Morgan fingerprint density at radius 1 is 0.340 bits per heavy atom. The molecule has 53 heavy (non-hydrogen) atoms. The summed E-state index contributed by atoms with van der Waals surface area (Å²) in [7, 11) is 0. The highest BCUT2D eigenvalue weighted by atomic mass is 16.3. The van der Waals surface area contributed by atoms with Crippen molar-refractivity contribution >= 4 is 82.4 Å². The van der Waals surface area contributed by atoms with E-state index in [1.165, 1.54) is 54.5 Å². The smallest absolute Gasteiger partial charge is 0.136 e. The van der Waals surface area contributed by atoms with Crippen LogP contribution in [0.5, 0.6) is 0 Å². The van der Waals surface area contributed by atoms with Gasteiger partial charge in [0.1, 0.15) is 11.2 Å². The molecule has 2 heterocycles. The molecule has 9 aromatic carbocycles. The Labute approximate surface area is 306 Å². The molecule has 0 spiro atoms. The zero-order valence-electron chi connectivity index (χ0n) is 28.8. The van der Waals surface area contributed by atoms with Crippen LogP contribution in [0.3, 0.4) is 0 Å². The molecule has 0 atom stereocenters. The molecule has 3 nitrogen and oxygen atoms in total. The van der Waals surface area contributed by atoms with Crippen LogP contribution in [-0.2, 0) is 0 Å². The van der Waals surface area contributed by atoms with Gasteiger partial charge in [0.25, 0.3) is 0 Å². The molecule has 0 radical (unpaired) electrons. The second-order valence-electron chi connectivity index (χ2n) is 13.8. The van der Waals surface area contributed by atoms with Crippen molar-refractivity contribution in [1.29, 1.82) is 0 Å². The molecular weight excluding hydrogens is 645 g/mol. The molecule has 0 aliphatic rings. The monoisotopic (exact) mass is 676 g/mol. The van der Waals surface area contributed by atoms with Crippen molar-refractivity contribution in [3.05, 3.63) is 194 Å². The first kappa shape index (κ1) is 29.6. The fourth-order valence-electron chi connectivity index (χ4n) is 8.25. The summed E-state index contributed by atoms with van der Waals surface area (Å²) in [4.78, 5) is 2.38. The van der Waals surface area contributed by atoms with E-state index >= 15 is 0 Å². The van der Waals surface area contributed by atoms with Crippen LogP contribution in [0, 0.1) is 0 Å². The van der Waals surface area contributed by atoms with Gasteiger partial charge in [-0.25, -0.2) is 0 Å². The van der Waals surface area contributed by atoms with Gasteiger partial charge < -0.3 is 13.9 Å². The zero-order valence-corrected chi connectivity index (χ0v) is 28.8. The topological polar surface area (TPSA) is 21.3 Å². The zero-order chi connectivity index (χ0) is 34.9. The SMILES string of the molecule is c1ccc(-c2ccc(N(c3cccc(-n4c5ccccc5c5ccccc54)c3)c3ccc4ccc5cc6c(cc5c4c3)oc3ccccc36)cc2)cc1. The lowest BCUT2D eigenvalue weighted by atomic mass is 9.99. The molecule has 0 saturated carbocycles. The Bertz CT molecular complexity index is 3120. The number of fused-ring (bicyclic) bond motifs is 9. The molecule has 248 valence electrons. The maximum absolute atomic E-state index is 6.37. The minimum atomic E-state index is 0.906. The van der Waals surface area contributed by atoms with E-state index in [1.54, 1.807) is 0 Å². The second kappa shape index (κ2) is 11.7. The van der Waals surface area contributed by atoms with Crippen LogP contribution in [0.15, 0.2) is 199 Å². The van der Waals surface area contributed by atoms with E-state index in [0.29, 0.717) is 0 Å². The fourth-order valence-corrected chi connectivity index (χ4v) is 8.25. The Balaban J connectivity index is 1.12. The van der Waals surface area contributed by atoms with Gasteiger partial charge in [0.15, 0.2) is 0 Å². The lowest BCUT2D eigenvalue weighted by Gasteiger charge is -2.27. The number of rotatable bonds is 5. The van der Waals surface area contributed by atoms with Gasteiger partial charge in [-0.05, 0) is 105 Å². The molecular formula is C50H32N2O. The average molecular weight is 677 g/mol. The van der Waals surface area contributed by atoms with E-state index in [0.717, 1.165) is 44.7 Å². The third kappa shape index (κ3) is 4.75. The Morgan fingerprint density at radius 3 is 1.74 bits per heavy atom. The normalized spacial score (nSPS) is 11.8. The molecule has 0 N–H and O–H groups in total. The van der Waals surface area contributed by atoms with Gasteiger partial charge in [0.05, 0.1) is 11.0 Å². The number of nitrogens with zero attached hydrogens (tertiary/aromatic N) is 2. The highest BCUT2D eigenvalue weighted by Gasteiger charge is 2.18. The van der Waals surface area contributed by atoms with Crippen molar-refractivity contribution in [2.45, 2.75) is 0 Å². The number of para-hydroxylation sites is 3. The van der Waals surface area contributed by atoms with Crippen LogP contribution < -0.4 is 4.90 Å². The summed E-state index contributed by atoms with van der Waals surface area (Å²) in [5, 5.41) is 9.54. The first-order chi connectivity index (χ1) is 26.3. The molecule has 0 bridgehead atoms. The number of furan rings is 1. The maximum Gasteiger partial charge on any atom is 0.136 e. The first-order valence-corrected chi connectivity index (χ1v) is 18.1. The molecule has 2 aromatic heterocycles. The van der Waals surface area contributed by atoms with E-state index in [1.807, 2.05) is 12.1 Å². The van der Waals surface area contributed by atoms with Crippen molar-refractivity contribution in [3.63, 3.8) is 0 Å². The van der Waals surface area contributed by atoms with Gasteiger partial charge in [0.2, 0.25) is 0 Å². The summed E-state index contributed by atoms with van der Waals surface area (Å²) in [6, 6.07) is 69.9. The summed E-state index contributed by atoms with van der Waals surface area (Å²) in [6.07, 6.45) is 0. The highest BCUT2D eigenvalue weighted by Crippen LogP contribution is 2.41. The minimum Gasteiger partial charge on any atom is -0.456 e. The first-order valence-electron chi connectivity index (χ1n) is 18.1. The minimum absolute atomic E-state index is 0.906. The molecule has 0 aliphatic carbocycles. The van der Waals surface area contributed by atoms with Gasteiger partial charge >= 0.3 is 0 Å². The van der Waals surface area contributed by atoms with Gasteiger partial charge in [-0.3, -0.25) is 0 Å². The van der Waals surface area contributed by atoms with Gasteiger partial charge in [-0.2, -0.15) is 0 Å². The van der Waals surface area contributed by atoms with Crippen molar-refractivity contribution in [1.82, 2.24) is 4.57 Å². The quantitative estimate of drug-likeness (QED) is 0.169. The molecule has 0 unspecified atom stereocenters. The Kier molecular flexibility index (Phi) is 6.55. The van der Waals surface area contributed by atoms with E-state index in [9.17, 15) is 0 Å². The summed E-state index contributed by atoms with van der Waals surface area (Å²) in [5.41, 5.74) is 11.0. The largest absolute Gasteiger partial charge is 0.456 e. The van der Waals surface area contributed by atoms with Gasteiger partial charge in [-0.1, -0.05) is 121 Å². The van der Waals surface area contributed by atoms with E-state index < -0.39 is 0 Å². The molecule has 3 heteroatoms. The highest BCUT2D eigenvalue weighted by molar-refractivity contribution is 6.16. The van der Waals surface area contributed by atoms with Crippen LogP contribution in [0.2, 0.25) is 0 Å². The van der Waals surface area contributed by atoms with Gasteiger partial charge in [-0.15, -0.1) is 0 Å². The summed E-state index contributed by atoms with van der Waals surface area (Å²) >= 11 is 0. The lowest BCUT2D eigenvalue weighted by molar-refractivity contribution is 0.669. The van der Waals surface area contributed by atoms with E-state index in [-0.39, 0.29) is 0 Å². The van der Waals surface area contributed by atoms with Gasteiger partial charge in [0, 0.05) is 44.3 Å². The second-order valence-corrected chi connectivity index (χ2v) is 13.8. The number of anilines is 3. The van der Waals surface area contributed by atoms with Crippen molar-refractivity contribution in [2.75, 3.05) is 4.90 Å². The van der Waals surface area contributed by atoms with Crippen molar-refractivity contribution < 1.29 is 4.42 Å². The number of benzene rings is 9. The molecule has 0 saturated heterocycles. The summed E-state index contributed by atoms with van der Waals surface area (Å²) in [5.74, 6) is 0. The van der Waals surface area contributed by atoms with E-state index in [4.69, 9.17) is 4.42 Å². The number of aromatic nitrogens is 1. The standard InChI is InChI=1S/C50H32N2O/c1-2-11-33(12-3-1)34-23-26-37(27-24-34)51(38-13-10-14-39(30-38)52-47-18-7-4-15-41(47)42-16-5-8-19-48(42)52)40-28-25-35-21-22-36-29-46-43-17-6-9-20-49(43)53-50(46)32-45(36)44(35)31-40/h1-32H. The molecule has 11 aromatic rings. The van der Waals surface area contributed by atoms with Crippen LogP contribution in [0.25, 0.3) is 82.1 Å². The van der Waals surface area contributed by atoms with Crippen molar-refractivity contribution in [3.8, 4) is 16.8 Å². The maximum atomic E-state index is 6.37. The van der Waals surface area contributed by atoms with Crippen molar-refractivity contribution in [2.24, 2.45) is 0 Å². The van der Waals surface area contributed by atoms with Crippen LogP contribution in [-0.4, -0.2) is 4.57 Å². The van der Waals surface area contributed by atoms with E-state index in [2.05, 4.69) is 191 Å². The fraction of sp³-hybridized carbons (Fsp3) is 0. The predicted molar refractivity (Wildman–Crippen MR) is 223 cm³/mol. The van der Waals surface area contributed by atoms with Crippen LogP contribution in [0.4, 0.5) is 17.1 Å². The summed E-state index contributed by atoms with van der Waals surface area (Å²) in [6.45, 7) is 0. The van der Waals surface area contributed by atoms with Crippen LogP contribution >= 0.6 is 0 Å². The molecule has 0 fully saturated rings. The summed E-state index contributed by atoms with van der Waals surface area (Å²) < 4.78 is 8.76. The Morgan fingerprint density at radius 2 is 0.943 bits per heavy atom. The van der Waals surface area contributed by atoms with Crippen LogP contribution in [0.1, 0.15) is 0 Å². The predicted octanol–water partition coefficient (Wildman–Crippen LogP) is 14.1. The average Bonchev–Trinajstić information content (AvgIpc) is 3.76. The molecule has 0 aliphatic heterocycles. The number of hydrogen-bond donors (Lipinski definition) is 0. The Hall–Kier alpha value is -7.10. The third-order valence-corrected chi connectivity index (χ3v) is 10.7. The third-order valence-electron chi connectivity index (χ3n) is 10.7.